The minimum absolute atomic E-state index is 0.0231. The largest absolute Gasteiger partial charge is 0.391 e. The van der Waals surface area contributed by atoms with Gasteiger partial charge >= 0.3 is 0 Å². The van der Waals surface area contributed by atoms with E-state index in [9.17, 15) is 10.2 Å². The van der Waals surface area contributed by atoms with Crippen molar-refractivity contribution in [2.24, 2.45) is 0 Å². The van der Waals surface area contributed by atoms with E-state index in [4.69, 9.17) is 16.9 Å². The molecule has 2 aromatic rings. The molecule has 9 heteroatoms. The Hall–Kier alpha value is -2.28. The first-order valence-corrected chi connectivity index (χ1v) is 6.52. The minimum atomic E-state index is -2.55. The number of halogens is 1. The number of hydrogen-bond acceptors (Lipinski definition) is 7. The minimum Gasteiger partial charge on any atom is -0.391 e. The highest BCUT2D eigenvalue weighted by Crippen LogP contribution is 2.43. The van der Waals surface area contributed by atoms with Gasteiger partial charge in [0.1, 0.15) is 17.7 Å². The van der Waals surface area contributed by atoms with Gasteiger partial charge in [0.15, 0.2) is 11.9 Å². The average Bonchev–Trinajstić information content (AvgIpc) is 2.99. The molecule has 3 heterocycles. The van der Waals surface area contributed by atoms with Crippen LogP contribution in [0, 0.1) is 12.3 Å². The van der Waals surface area contributed by atoms with Crippen molar-refractivity contribution < 1.29 is 19.3 Å². The number of fused-ring (bicyclic) bond motifs is 1. The van der Waals surface area contributed by atoms with Crippen LogP contribution in [0.15, 0.2) is 12.5 Å². The number of anilines is 1. The molecule has 0 amide bonds. The number of rotatable bonds is 2. The lowest BCUT2D eigenvalue weighted by atomic mass is 9.95. The Balaban J connectivity index is 2.13. The SMILES string of the molecule is C#C[C@@]1(F)C(O)[C@@H]([C@@H](C)O)O[C@H]1n1cnc2cnc(N)nc21. The molecule has 5 atom stereocenters. The van der Waals surface area contributed by atoms with Crippen LogP contribution in [0.4, 0.5) is 10.3 Å². The van der Waals surface area contributed by atoms with Crippen molar-refractivity contribution in [2.75, 3.05) is 5.73 Å². The number of ether oxygens (including phenoxy) is 1. The summed E-state index contributed by atoms with van der Waals surface area (Å²) >= 11 is 0. The van der Waals surface area contributed by atoms with Gasteiger partial charge < -0.3 is 20.7 Å². The highest BCUT2D eigenvalue weighted by Gasteiger charge is 2.59. The second kappa shape index (κ2) is 4.88. The van der Waals surface area contributed by atoms with Gasteiger partial charge in [-0.25, -0.2) is 14.4 Å². The summed E-state index contributed by atoms with van der Waals surface area (Å²) in [5, 5.41) is 19.7. The van der Waals surface area contributed by atoms with Gasteiger partial charge in [0, 0.05) is 0 Å². The monoisotopic (exact) mass is 307 g/mol. The molecule has 1 saturated heterocycles. The van der Waals surface area contributed by atoms with Gasteiger partial charge in [-0.1, -0.05) is 5.92 Å². The highest BCUT2D eigenvalue weighted by atomic mass is 19.1. The van der Waals surface area contributed by atoms with Crippen LogP contribution in [-0.4, -0.2) is 53.7 Å². The number of alkyl halides is 1. The molecule has 0 bridgehead atoms. The van der Waals surface area contributed by atoms with Crippen molar-refractivity contribution >= 4 is 17.1 Å². The summed E-state index contributed by atoms with van der Waals surface area (Å²) in [5.41, 5.74) is 3.56. The zero-order chi connectivity index (χ0) is 16.1. The summed E-state index contributed by atoms with van der Waals surface area (Å²) < 4.78 is 21.7. The summed E-state index contributed by atoms with van der Waals surface area (Å²) in [7, 11) is 0. The van der Waals surface area contributed by atoms with Crippen LogP contribution in [0.2, 0.25) is 0 Å². The smallest absolute Gasteiger partial charge is 0.243 e. The molecule has 3 rings (SSSR count). The lowest BCUT2D eigenvalue weighted by Gasteiger charge is -2.23. The van der Waals surface area contributed by atoms with E-state index in [1.165, 1.54) is 24.0 Å². The van der Waals surface area contributed by atoms with Crippen molar-refractivity contribution in [3.63, 3.8) is 0 Å². The second-order valence-electron chi connectivity index (χ2n) is 5.14. The topological polar surface area (TPSA) is 119 Å². The van der Waals surface area contributed by atoms with E-state index >= 15 is 4.39 Å². The van der Waals surface area contributed by atoms with Crippen LogP contribution in [0.5, 0.6) is 0 Å². The standard InChI is InChI=1S/C13H14FN5O3/c1-3-13(14)9(21)8(6(2)20)22-11(13)19-5-17-7-4-16-12(15)18-10(7)19/h1,4-6,8-9,11,20-21H,2H3,(H2,15,16,18)/t6-,8-,9?,11-,13-/m1/s1. The maximum absolute atomic E-state index is 15.1. The van der Waals surface area contributed by atoms with E-state index in [0.29, 0.717) is 5.52 Å². The van der Waals surface area contributed by atoms with E-state index in [2.05, 4.69) is 15.0 Å². The van der Waals surface area contributed by atoms with Gasteiger partial charge in [0.05, 0.1) is 18.6 Å². The van der Waals surface area contributed by atoms with Crippen LogP contribution in [0.3, 0.4) is 0 Å². The van der Waals surface area contributed by atoms with Crippen LogP contribution in [0.1, 0.15) is 13.2 Å². The summed E-state index contributed by atoms with van der Waals surface area (Å²) in [6.07, 6.45) is 2.52. The Labute approximate surface area is 124 Å². The Morgan fingerprint density at radius 3 is 2.95 bits per heavy atom. The number of aliphatic hydroxyl groups is 2. The van der Waals surface area contributed by atoms with Gasteiger partial charge in [-0.15, -0.1) is 6.42 Å². The summed E-state index contributed by atoms with van der Waals surface area (Å²) in [5.74, 6) is 1.89. The molecule has 0 spiro atoms. The summed E-state index contributed by atoms with van der Waals surface area (Å²) in [6, 6.07) is 0. The lowest BCUT2D eigenvalue weighted by Crippen LogP contribution is -2.43. The molecule has 1 aliphatic rings. The Bertz CT molecular complexity index is 758. The van der Waals surface area contributed by atoms with Crippen LogP contribution < -0.4 is 5.73 Å². The van der Waals surface area contributed by atoms with E-state index in [1.54, 1.807) is 0 Å². The summed E-state index contributed by atoms with van der Waals surface area (Å²) in [4.78, 5) is 11.8. The molecule has 0 aromatic carbocycles. The van der Waals surface area contributed by atoms with Crippen molar-refractivity contribution in [1.82, 2.24) is 19.5 Å². The Morgan fingerprint density at radius 2 is 2.32 bits per heavy atom. The van der Waals surface area contributed by atoms with Gasteiger partial charge in [0.25, 0.3) is 0 Å². The Kier molecular flexibility index (Phi) is 3.25. The van der Waals surface area contributed by atoms with E-state index < -0.39 is 30.2 Å². The number of nitrogens with zero attached hydrogens (tertiary/aromatic N) is 4. The van der Waals surface area contributed by atoms with Crippen LogP contribution >= 0.6 is 0 Å². The van der Waals surface area contributed by atoms with E-state index in [-0.39, 0.29) is 11.6 Å². The fraction of sp³-hybridized carbons (Fsp3) is 0.462. The third-order valence-corrected chi connectivity index (χ3v) is 3.67. The van der Waals surface area contributed by atoms with E-state index in [0.717, 1.165) is 0 Å². The second-order valence-corrected chi connectivity index (χ2v) is 5.14. The number of aromatic nitrogens is 4. The number of aliphatic hydroxyl groups excluding tert-OH is 2. The van der Waals surface area contributed by atoms with Crippen LogP contribution in [-0.2, 0) is 4.74 Å². The van der Waals surface area contributed by atoms with Crippen molar-refractivity contribution in [3.05, 3.63) is 12.5 Å². The Morgan fingerprint density at radius 1 is 1.59 bits per heavy atom. The maximum Gasteiger partial charge on any atom is 0.243 e. The van der Waals surface area contributed by atoms with Crippen LogP contribution in [0.25, 0.3) is 11.2 Å². The predicted molar refractivity (Wildman–Crippen MR) is 74.0 cm³/mol. The molecule has 1 fully saturated rings. The zero-order valence-corrected chi connectivity index (χ0v) is 11.6. The van der Waals surface area contributed by atoms with Crippen molar-refractivity contribution in [3.8, 4) is 12.3 Å². The molecule has 2 aromatic heterocycles. The number of hydrogen-bond donors (Lipinski definition) is 3. The number of nitrogens with two attached hydrogens (primary N) is 1. The molecule has 0 aliphatic carbocycles. The van der Waals surface area contributed by atoms with Gasteiger partial charge in [0.2, 0.25) is 11.6 Å². The van der Waals surface area contributed by atoms with Crippen molar-refractivity contribution in [1.29, 1.82) is 0 Å². The maximum atomic E-state index is 15.1. The van der Waals surface area contributed by atoms with Crippen molar-refractivity contribution in [2.45, 2.75) is 37.1 Å². The molecule has 0 radical (unpaired) electrons. The van der Waals surface area contributed by atoms with Gasteiger partial charge in [-0.3, -0.25) is 4.57 Å². The van der Waals surface area contributed by atoms with Gasteiger partial charge in [-0.2, -0.15) is 4.98 Å². The third kappa shape index (κ3) is 1.93. The molecular formula is C13H14FN5O3. The average molecular weight is 307 g/mol. The zero-order valence-electron chi connectivity index (χ0n) is 11.6. The molecular weight excluding hydrogens is 293 g/mol. The molecule has 0 saturated carbocycles. The fourth-order valence-electron chi connectivity index (χ4n) is 2.52. The molecule has 22 heavy (non-hydrogen) atoms. The highest BCUT2D eigenvalue weighted by molar-refractivity contribution is 5.70. The molecule has 8 nitrogen and oxygen atoms in total. The first kappa shape index (κ1) is 14.6. The lowest BCUT2D eigenvalue weighted by molar-refractivity contribution is -0.0776. The third-order valence-electron chi connectivity index (χ3n) is 3.67. The number of imidazole rings is 1. The predicted octanol–water partition coefficient (Wildman–Crippen LogP) is -0.611. The first-order chi connectivity index (χ1) is 10.4. The van der Waals surface area contributed by atoms with E-state index in [1.807, 2.05) is 5.92 Å². The molecule has 116 valence electrons. The number of nitrogen functional groups attached to an aromatic ring is 1. The normalized spacial score (nSPS) is 33.0. The molecule has 4 N–H and O–H groups in total. The number of terminal acetylenes is 1. The molecule has 1 unspecified atom stereocenters. The molecule has 1 aliphatic heterocycles. The van der Waals surface area contributed by atoms with Gasteiger partial charge in [-0.05, 0) is 6.92 Å². The fourth-order valence-corrected chi connectivity index (χ4v) is 2.52. The summed E-state index contributed by atoms with van der Waals surface area (Å²) in [6.45, 7) is 1.37. The first-order valence-electron chi connectivity index (χ1n) is 6.52. The quantitative estimate of drug-likeness (QED) is 0.633.